The van der Waals surface area contributed by atoms with Crippen LogP contribution in [-0.4, -0.2) is 43.9 Å². The van der Waals surface area contributed by atoms with Gasteiger partial charge in [0.25, 0.3) is 18.1 Å². The molecule has 0 aliphatic carbocycles. The van der Waals surface area contributed by atoms with E-state index < -0.39 is 42.9 Å². The van der Waals surface area contributed by atoms with Crippen LogP contribution in [0, 0.1) is 6.92 Å². The number of aromatic nitrogens is 2. The molecule has 0 saturated heterocycles. The number of hydrogen-bond donors (Lipinski definition) is 1. The summed E-state index contributed by atoms with van der Waals surface area (Å²) < 4.78 is 64.3. The summed E-state index contributed by atoms with van der Waals surface area (Å²) in [5, 5.41) is 16.2. The van der Waals surface area contributed by atoms with Crippen LogP contribution in [0.15, 0.2) is 11.2 Å². The molecule has 1 amide bonds. The first-order valence-electron chi connectivity index (χ1n) is 6.03. The highest BCUT2D eigenvalue weighted by molar-refractivity contribution is 5.80. The van der Waals surface area contributed by atoms with Gasteiger partial charge in [0.2, 0.25) is 0 Å². The lowest BCUT2D eigenvalue weighted by molar-refractivity contribution is -0.302. The number of aryl methyl sites for hydroxylation is 1. The van der Waals surface area contributed by atoms with Gasteiger partial charge in [0.1, 0.15) is 12.2 Å². The minimum Gasteiger partial charge on any atom is -0.362 e. The van der Waals surface area contributed by atoms with E-state index in [1.54, 1.807) is 0 Å². The summed E-state index contributed by atoms with van der Waals surface area (Å²) in [6.07, 6.45) is -8.12. The molecule has 1 aliphatic rings. The standard InChI is InChI=1S/C11H11F5N4O2/c1-6-4-7(9(12)13)18-19(6)5-8(21)20-10(22,2-3-17-20)11(14,15)16/h3-4,9,22H,2,5H2,1H3. The topological polar surface area (TPSA) is 70.7 Å². The summed E-state index contributed by atoms with van der Waals surface area (Å²) in [7, 11) is 0. The summed E-state index contributed by atoms with van der Waals surface area (Å²) >= 11 is 0. The van der Waals surface area contributed by atoms with Gasteiger partial charge < -0.3 is 5.11 Å². The third-order valence-corrected chi connectivity index (χ3v) is 3.12. The van der Waals surface area contributed by atoms with Gasteiger partial charge in [-0.25, -0.2) is 8.78 Å². The summed E-state index contributed by atoms with van der Waals surface area (Å²) in [5.74, 6) is -1.22. The largest absolute Gasteiger partial charge is 0.438 e. The van der Waals surface area contributed by atoms with E-state index in [4.69, 9.17) is 0 Å². The van der Waals surface area contributed by atoms with E-state index in [9.17, 15) is 31.9 Å². The van der Waals surface area contributed by atoms with Crippen molar-refractivity contribution in [3.63, 3.8) is 0 Å². The number of carbonyl (C=O) groups is 1. The first-order chi connectivity index (χ1) is 10.1. The first-order valence-corrected chi connectivity index (χ1v) is 6.03. The molecular weight excluding hydrogens is 315 g/mol. The summed E-state index contributed by atoms with van der Waals surface area (Å²) in [6, 6.07) is 1.02. The van der Waals surface area contributed by atoms with Crippen LogP contribution in [0.4, 0.5) is 22.0 Å². The summed E-state index contributed by atoms with van der Waals surface area (Å²) in [6.45, 7) is 0.615. The Bertz CT molecular complexity index is 612. The molecule has 1 atom stereocenters. The predicted molar refractivity (Wildman–Crippen MR) is 62.9 cm³/mol. The number of aliphatic hydroxyl groups is 1. The fourth-order valence-corrected chi connectivity index (χ4v) is 1.94. The van der Waals surface area contributed by atoms with Crippen LogP contribution in [0.1, 0.15) is 24.2 Å². The van der Waals surface area contributed by atoms with Crippen molar-refractivity contribution in [1.82, 2.24) is 14.8 Å². The molecule has 1 N–H and O–H groups in total. The number of hydrazone groups is 1. The van der Waals surface area contributed by atoms with Gasteiger partial charge in [-0.3, -0.25) is 9.48 Å². The molecule has 0 spiro atoms. The Balaban J connectivity index is 2.21. The zero-order valence-corrected chi connectivity index (χ0v) is 11.2. The highest BCUT2D eigenvalue weighted by Gasteiger charge is 2.61. The van der Waals surface area contributed by atoms with Crippen LogP contribution in [0.5, 0.6) is 0 Å². The smallest absolute Gasteiger partial charge is 0.362 e. The third-order valence-electron chi connectivity index (χ3n) is 3.12. The van der Waals surface area contributed by atoms with E-state index in [0.29, 0.717) is 0 Å². The molecule has 1 aliphatic heterocycles. The Morgan fingerprint density at radius 1 is 1.50 bits per heavy atom. The maximum atomic E-state index is 12.8. The second kappa shape index (κ2) is 5.30. The van der Waals surface area contributed by atoms with Gasteiger partial charge in [0.05, 0.1) is 0 Å². The van der Waals surface area contributed by atoms with Gasteiger partial charge in [-0.1, -0.05) is 0 Å². The highest BCUT2D eigenvalue weighted by atomic mass is 19.4. The van der Waals surface area contributed by atoms with Gasteiger partial charge >= 0.3 is 6.18 Å². The lowest BCUT2D eigenvalue weighted by Gasteiger charge is -2.32. The molecule has 2 heterocycles. The maximum absolute atomic E-state index is 12.8. The van der Waals surface area contributed by atoms with Crippen molar-refractivity contribution in [3.8, 4) is 0 Å². The van der Waals surface area contributed by atoms with Crippen LogP contribution in [0.25, 0.3) is 0 Å². The fourth-order valence-electron chi connectivity index (χ4n) is 1.94. The van der Waals surface area contributed by atoms with E-state index in [1.807, 2.05) is 0 Å². The molecule has 0 saturated carbocycles. The van der Waals surface area contributed by atoms with Gasteiger partial charge in [0, 0.05) is 18.3 Å². The van der Waals surface area contributed by atoms with E-state index >= 15 is 0 Å². The number of rotatable bonds is 3. The molecule has 2 rings (SSSR count). The molecule has 11 heteroatoms. The Hall–Kier alpha value is -2.04. The first kappa shape index (κ1) is 16.3. The molecule has 0 fully saturated rings. The number of hydrogen-bond acceptors (Lipinski definition) is 4. The zero-order chi connectivity index (χ0) is 16.7. The number of amides is 1. The molecule has 122 valence electrons. The average molecular weight is 326 g/mol. The average Bonchev–Trinajstić information content (AvgIpc) is 2.94. The van der Waals surface area contributed by atoms with Crippen LogP contribution in [0.2, 0.25) is 0 Å². The van der Waals surface area contributed by atoms with Crippen molar-refractivity contribution in [2.75, 3.05) is 0 Å². The third kappa shape index (κ3) is 2.67. The predicted octanol–water partition coefficient (Wildman–Crippen LogP) is 1.60. The molecule has 22 heavy (non-hydrogen) atoms. The summed E-state index contributed by atoms with van der Waals surface area (Å²) in [5.41, 5.74) is -3.86. The number of carbonyl (C=O) groups excluding carboxylic acids is 1. The van der Waals surface area contributed by atoms with Crippen LogP contribution < -0.4 is 0 Å². The van der Waals surface area contributed by atoms with Gasteiger partial charge in [-0.05, 0) is 13.0 Å². The SMILES string of the molecule is Cc1cc(C(F)F)nn1CC(=O)N1N=CCC1(O)C(F)(F)F. The second-order valence-corrected chi connectivity index (χ2v) is 4.69. The van der Waals surface area contributed by atoms with Crippen molar-refractivity contribution in [2.45, 2.75) is 38.2 Å². The van der Waals surface area contributed by atoms with E-state index in [0.717, 1.165) is 17.0 Å². The number of alkyl halides is 5. The molecule has 0 radical (unpaired) electrons. The normalized spacial score (nSPS) is 21.9. The maximum Gasteiger partial charge on any atom is 0.438 e. The molecule has 1 aromatic rings. The van der Waals surface area contributed by atoms with Crippen molar-refractivity contribution >= 4 is 12.1 Å². The monoisotopic (exact) mass is 326 g/mol. The number of halogens is 5. The summed E-state index contributed by atoms with van der Waals surface area (Å²) in [4.78, 5) is 11.9. The van der Waals surface area contributed by atoms with Crippen molar-refractivity contribution < 1.29 is 31.9 Å². The van der Waals surface area contributed by atoms with E-state index in [2.05, 4.69) is 10.2 Å². The lowest BCUT2D eigenvalue weighted by Crippen LogP contribution is -2.57. The quantitative estimate of drug-likeness (QED) is 0.858. The Labute approximate surface area is 120 Å². The zero-order valence-electron chi connectivity index (χ0n) is 11.2. The van der Waals surface area contributed by atoms with Crippen LogP contribution in [-0.2, 0) is 11.3 Å². The molecular formula is C11H11F5N4O2. The lowest BCUT2D eigenvalue weighted by atomic mass is 10.1. The van der Waals surface area contributed by atoms with E-state index in [1.165, 1.54) is 6.92 Å². The fraction of sp³-hybridized carbons (Fsp3) is 0.545. The van der Waals surface area contributed by atoms with Gasteiger partial charge in [-0.15, -0.1) is 0 Å². The highest BCUT2D eigenvalue weighted by Crippen LogP contribution is 2.38. The molecule has 1 aromatic heterocycles. The Kier molecular flexibility index (Phi) is 3.94. The van der Waals surface area contributed by atoms with Gasteiger partial charge in [-0.2, -0.15) is 28.4 Å². The van der Waals surface area contributed by atoms with Gasteiger partial charge in [0.15, 0.2) is 0 Å². The number of nitrogens with zero attached hydrogens (tertiary/aromatic N) is 4. The Morgan fingerprint density at radius 3 is 2.64 bits per heavy atom. The molecule has 1 unspecified atom stereocenters. The second-order valence-electron chi connectivity index (χ2n) is 4.69. The molecule has 0 bridgehead atoms. The Morgan fingerprint density at radius 2 is 2.14 bits per heavy atom. The molecule has 6 nitrogen and oxygen atoms in total. The van der Waals surface area contributed by atoms with Crippen LogP contribution in [0.3, 0.4) is 0 Å². The van der Waals surface area contributed by atoms with Crippen molar-refractivity contribution in [2.24, 2.45) is 5.10 Å². The minimum atomic E-state index is -5.10. The van der Waals surface area contributed by atoms with E-state index in [-0.39, 0.29) is 10.7 Å². The minimum absolute atomic E-state index is 0.101. The van der Waals surface area contributed by atoms with Crippen molar-refractivity contribution in [1.29, 1.82) is 0 Å². The molecule has 0 aromatic carbocycles. The van der Waals surface area contributed by atoms with Crippen LogP contribution >= 0.6 is 0 Å². The van der Waals surface area contributed by atoms with Crippen molar-refractivity contribution in [3.05, 3.63) is 17.5 Å².